The van der Waals surface area contributed by atoms with E-state index in [1.807, 2.05) is 72.8 Å². The Morgan fingerprint density at radius 1 is 0.757 bits per heavy atom. The molecule has 1 aliphatic rings. The topological polar surface area (TPSA) is 77.8 Å². The fraction of sp³-hybridized carbons (Fsp3) is 0.188. The van der Waals surface area contributed by atoms with Gasteiger partial charge in [-0.25, -0.2) is 4.79 Å². The molecule has 0 amide bonds. The van der Waals surface area contributed by atoms with Crippen molar-refractivity contribution in [2.75, 3.05) is 4.90 Å². The SMILES string of the molecule is CCC(C(=O)O)[C@@H](C(=O)O)N(Cc1ccccc1)c1cccc2c1C(c1ccccc1)c1ccccc1-2. The minimum Gasteiger partial charge on any atom is -0.481 e. The molecule has 5 heteroatoms. The van der Waals surface area contributed by atoms with E-state index < -0.39 is 23.9 Å². The zero-order valence-electron chi connectivity index (χ0n) is 20.6. The number of carbonyl (C=O) groups is 2. The first-order valence-electron chi connectivity index (χ1n) is 12.5. The van der Waals surface area contributed by atoms with Crippen LogP contribution in [0.2, 0.25) is 0 Å². The summed E-state index contributed by atoms with van der Waals surface area (Å²) in [6.45, 7) is 2.00. The Bertz CT molecular complexity index is 1420. The maximum Gasteiger partial charge on any atom is 0.327 e. The second-order valence-electron chi connectivity index (χ2n) is 9.42. The molecule has 0 fully saturated rings. The van der Waals surface area contributed by atoms with Gasteiger partial charge < -0.3 is 15.1 Å². The summed E-state index contributed by atoms with van der Waals surface area (Å²) >= 11 is 0. The molecule has 0 saturated heterocycles. The van der Waals surface area contributed by atoms with E-state index in [1.165, 1.54) is 0 Å². The fourth-order valence-corrected chi connectivity index (χ4v) is 5.65. The Morgan fingerprint density at radius 2 is 1.38 bits per heavy atom. The lowest BCUT2D eigenvalue weighted by atomic mass is 9.87. The molecular weight excluding hydrogens is 462 g/mol. The normalized spacial score (nSPS) is 15.3. The third-order valence-electron chi connectivity index (χ3n) is 7.30. The molecule has 0 heterocycles. The summed E-state index contributed by atoms with van der Waals surface area (Å²) in [7, 11) is 0. The van der Waals surface area contributed by atoms with E-state index >= 15 is 0 Å². The summed E-state index contributed by atoms with van der Waals surface area (Å²) in [6.07, 6.45) is 0.203. The van der Waals surface area contributed by atoms with Gasteiger partial charge in [-0.1, -0.05) is 104 Å². The van der Waals surface area contributed by atoms with Crippen molar-refractivity contribution >= 4 is 17.6 Å². The van der Waals surface area contributed by atoms with Crippen LogP contribution in [-0.4, -0.2) is 28.2 Å². The van der Waals surface area contributed by atoms with Gasteiger partial charge in [-0.2, -0.15) is 0 Å². The molecule has 2 N–H and O–H groups in total. The van der Waals surface area contributed by atoms with E-state index in [9.17, 15) is 19.8 Å². The van der Waals surface area contributed by atoms with Crippen LogP contribution in [0.1, 0.15) is 41.5 Å². The van der Waals surface area contributed by atoms with Crippen molar-refractivity contribution in [2.45, 2.75) is 31.8 Å². The second kappa shape index (κ2) is 10.3. The predicted molar refractivity (Wildman–Crippen MR) is 145 cm³/mol. The van der Waals surface area contributed by atoms with Gasteiger partial charge in [0.15, 0.2) is 0 Å². The highest BCUT2D eigenvalue weighted by Gasteiger charge is 2.41. The summed E-state index contributed by atoms with van der Waals surface area (Å²) in [5.41, 5.74) is 7.11. The zero-order valence-corrected chi connectivity index (χ0v) is 20.6. The molecule has 0 aliphatic heterocycles. The van der Waals surface area contributed by atoms with E-state index in [0.717, 1.165) is 39.1 Å². The van der Waals surface area contributed by atoms with Crippen LogP contribution in [0.3, 0.4) is 0 Å². The Hall–Kier alpha value is -4.38. The van der Waals surface area contributed by atoms with Gasteiger partial charge in [-0.3, -0.25) is 4.79 Å². The van der Waals surface area contributed by atoms with Gasteiger partial charge in [0.25, 0.3) is 0 Å². The minimum atomic E-state index is -1.24. The Kier molecular flexibility index (Phi) is 6.78. The molecule has 0 spiro atoms. The lowest BCUT2D eigenvalue weighted by molar-refractivity contribution is -0.150. The molecular formula is C32H29NO4. The number of fused-ring (bicyclic) bond motifs is 3. The van der Waals surface area contributed by atoms with Crippen LogP contribution in [0.4, 0.5) is 5.69 Å². The lowest BCUT2D eigenvalue weighted by Crippen LogP contribution is -2.49. The Labute approximate surface area is 216 Å². The zero-order chi connectivity index (χ0) is 25.9. The highest BCUT2D eigenvalue weighted by Crippen LogP contribution is 2.52. The van der Waals surface area contributed by atoms with E-state index in [2.05, 4.69) is 30.3 Å². The molecule has 0 bridgehead atoms. The Morgan fingerprint density at radius 3 is 2.03 bits per heavy atom. The van der Waals surface area contributed by atoms with Crippen molar-refractivity contribution in [3.05, 3.63) is 125 Å². The third kappa shape index (κ3) is 4.49. The van der Waals surface area contributed by atoms with Gasteiger partial charge >= 0.3 is 11.9 Å². The smallest absolute Gasteiger partial charge is 0.327 e. The minimum absolute atomic E-state index is 0.0961. The van der Waals surface area contributed by atoms with Gasteiger partial charge in [-0.05, 0) is 45.9 Å². The van der Waals surface area contributed by atoms with Crippen molar-refractivity contribution < 1.29 is 19.8 Å². The van der Waals surface area contributed by atoms with Crippen molar-refractivity contribution in [3.63, 3.8) is 0 Å². The first-order valence-corrected chi connectivity index (χ1v) is 12.5. The molecule has 0 saturated carbocycles. The molecule has 3 atom stereocenters. The van der Waals surface area contributed by atoms with Crippen LogP contribution >= 0.6 is 0 Å². The van der Waals surface area contributed by atoms with Crippen LogP contribution in [0.25, 0.3) is 11.1 Å². The average Bonchev–Trinajstić information content (AvgIpc) is 3.26. The predicted octanol–water partition coefficient (Wildman–Crippen LogP) is 6.42. The molecule has 5 rings (SSSR count). The highest BCUT2D eigenvalue weighted by atomic mass is 16.4. The number of carboxylic acids is 2. The first-order chi connectivity index (χ1) is 18.0. The van der Waals surface area contributed by atoms with Crippen LogP contribution in [0.15, 0.2) is 103 Å². The summed E-state index contributed by atoms with van der Waals surface area (Å²) < 4.78 is 0. The van der Waals surface area contributed by atoms with Crippen LogP contribution in [0, 0.1) is 5.92 Å². The van der Waals surface area contributed by atoms with Crippen LogP contribution < -0.4 is 4.90 Å². The monoisotopic (exact) mass is 491 g/mol. The van der Waals surface area contributed by atoms with Crippen molar-refractivity contribution in [3.8, 4) is 11.1 Å². The number of anilines is 1. The number of aliphatic carboxylic acids is 2. The van der Waals surface area contributed by atoms with E-state index in [-0.39, 0.29) is 18.9 Å². The molecule has 4 aromatic rings. The quantitative estimate of drug-likeness (QED) is 0.249. The van der Waals surface area contributed by atoms with Gasteiger partial charge in [-0.15, -0.1) is 0 Å². The molecule has 5 nitrogen and oxygen atoms in total. The molecule has 4 aromatic carbocycles. The maximum atomic E-state index is 12.8. The van der Waals surface area contributed by atoms with Gasteiger partial charge in [0.2, 0.25) is 0 Å². The summed E-state index contributed by atoms with van der Waals surface area (Å²) in [5.74, 6) is -3.42. The standard InChI is InChI=1S/C32H29NO4/c1-2-23(31(34)35)30(32(36)37)33(20-21-12-5-3-6-13-21)27-19-11-18-26-24-16-9-10-17-25(24)28(29(26)27)22-14-7-4-8-15-22/h3-19,23,28,30H,2,20H2,1H3,(H,34,35)(H,36,37)/t23?,28?,30-/m0/s1. The summed E-state index contributed by atoms with van der Waals surface area (Å²) in [4.78, 5) is 26.8. The van der Waals surface area contributed by atoms with Crippen LogP contribution in [-0.2, 0) is 16.1 Å². The fourth-order valence-electron chi connectivity index (χ4n) is 5.65. The largest absolute Gasteiger partial charge is 0.481 e. The number of carboxylic acid groups (broad SMARTS) is 2. The second-order valence-corrected chi connectivity index (χ2v) is 9.42. The maximum absolute atomic E-state index is 12.8. The molecule has 37 heavy (non-hydrogen) atoms. The number of hydrogen-bond acceptors (Lipinski definition) is 3. The number of rotatable bonds is 9. The lowest BCUT2D eigenvalue weighted by Gasteiger charge is -2.36. The van der Waals surface area contributed by atoms with E-state index in [4.69, 9.17) is 0 Å². The summed E-state index contributed by atoms with van der Waals surface area (Å²) in [5, 5.41) is 20.5. The van der Waals surface area contributed by atoms with Gasteiger partial charge in [0.05, 0.1) is 5.92 Å². The van der Waals surface area contributed by atoms with Crippen molar-refractivity contribution in [1.82, 2.24) is 0 Å². The highest BCUT2D eigenvalue weighted by molar-refractivity contribution is 5.90. The number of nitrogens with zero attached hydrogens (tertiary/aromatic N) is 1. The molecule has 2 unspecified atom stereocenters. The molecule has 1 aliphatic carbocycles. The van der Waals surface area contributed by atoms with Crippen molar-refractivity contribution in [1.29, 1.82) is 0 Å². The van der Waals surface area contributed by atoms with E-state index in [1.54, 1.807) is 11.8 Å². The first kappa shape index (κ1) is 24.3. The Balaban J connectivity index is 1.76. The number of hydrogen-bond donors (Lipinski definition) is 2. The number of benzene rings is 4. The molecule has 0 aromatic heterocycles. The molecule has 186 valence electrons. The van der Waals surface area contributed by atoms with Gasteiger partial charge in [0.1, 0.15) is 6.04 Å². The van der Waals surface area contributed by atoms with E-state index in [0.29, 0.717) is 0 Å². The third-order valence-corrected chi connectivity index (χ3v) is 7.30. The summed E-state index contributed by atoms with van der Waals surface area (Å²) in [6, 6.07) is 32.8. The van der Waals surface area contributed by atoms with Crippen LogP contribution in [0.5, 0.6) is 0 Å². The molecule has 0 radical (unpaired) electrons. The van der Waals surface area contributed by atoms with Gasteiger partial charge in [0, 0.05) is 18.2 Å². The average molecular weight is 492 g/mol. The van der Waals surface area contributed by atoms with Crippen molar-refractivity contribution in [2.24, 2.45) is 5.92 Å².